The molecule has 1 aromatic heterocycles. The van der Waals surface area contributed by atoms with Crippen molar-refractivity contribution in [3.8, 4) is 11.5 Å². The Hall–Kier alpha value is -2.63. The summed E-state index contributed by atoms with van der Waals surface area (Å²) in [7, 11) is 0. The second kappa shape index (κ2) is 7.09. The van der Waals surface area contributed by atoms with Crippen LogP contribution in [0.15, 0.2) is 41.0 Å². The van der Waals surface area contributed by atoms with Gasteiger partial charge in [-0.3, -0.25) is 0 Å². The molecule has 0 aliphatic carbocycles. The van der Waals surface area contributed by atoms with Crippen LogP contribution in [0.4, 0.5) is 4.79 Å². The molecule has 0 spiro atoms. The van der Waals surface area contributed by atoms with E-state index in [-0.39, 0.29) is 12.1 Å². The molecule has 122 valence electrons. The average molecular weight is 316 g/mol. The Labute approximate surface area is 134 Å². The van der Waals surface area contributed by atoms with Gasteiger partial charge in [0.05, 0.1) is 6.26 Å². The first-order valence-electron chi connectivity index (χ1n) is 7.66. The number of ether oxygens (including phenoxy) is 2. The Morgan fingerprint density at radius 2 is 2.04 bits per heavy atom. The number of furan rings is 1. The van der Waals surface area contributed by atoms with Gasteiger partial charge in [-0.2, -0.15) is 0 Å². The third kappa shape index (κ3) is 4.18. The van der Waals surface area contributed by atoms with E-state index in [9.17, 15) is 4.79 Å². The molecule has 2 heterocycles. The molecule has 2 amide bonds. The number of urea groups is 1. The number of amides is 2. The van der Waals surface area contributed by atoms with Crippen LogP contribution in [-0.2, 0) is 13.0 Å². The Bertz CT molecular complexity index is 655. The van der Waals surface area contributed by atoms with Crippen LogP contribution >= 0.6 is 0 Å². The number of nitrogens with one attached hydrogen (secondary N) is 2. The van der Waals surface area contributed by atoms with E-state index in [1.807, 2.05) is 37.3 Å². The molecule has 3 rings (SSSR count). The largest absolute Gasteiger partial charge is 0.486 e. The van der Waals surface area contributed by atoms with E-state index in [0.29, 0.717) is 26.2 Å². The van der Waals surface area contributed by atoms with Crippen molar-refractivity contribution in [2.45, 2.75) is 25.9 Å². The van der Waals surface area contributed by atoms with Gasteiger partial charge in [-0.15, -0.1) is 0 Å². The van der Waals surface area contributed by atoms with Crippen LogP contribution in [-0.4, -0.2) is 25.3 Å². The lowest BCUT2D eigenvalue weighted by Gasteiger charge is -2.19. The number of carbonyl (C=O) groups is 1. The van der Waals surface area contributed by atoms with Gasteiger partial charge in [0.15, 0.2) is 11.5 Å². The molecule has 1 aliphatic heterocycles. The third-order valence-electron chi connectivity index (χ3n) is 3.52. The third-order valence-corrected chi connectivity index (χ3v) is 3.52. The first-order chi connectivity index (χ1) is 11.2. The molecule has 0 unspecified atom stereocenters. The van der Waals surface area contributed by atoms with Crippen LogP contribution < -0.4 is 20.1 Å². The van der Waals surface area contributed by atoms with Crippen LogP contribution in [0.3, 0.4) is 0 Å². The Morgan fingerprint density at radius 3 is 2.83 bits per heavy atom. The molecule has 1 atom stereocenters. The van der Waals surface area contributed by atoms with Gasteiger partial charge in [-0.1, -0.05) is 6.07 Å². The molecule has 0 bridgehead atoms. The second-order valence-corrected chi connectivity index (χ2v) is 5.49. The molecule has 0 fully saturated rings. The van der Waals surface area contributed by atoms with Gasteiger partial charge >= 0.3 is 6.03 Å². The molecule has 0 saturated carbocycles. The first kappa shape index (κ1) is 15.3. The minimum Gasteiger partial charge on any atom is -0.486 e. The molecular weight excluding hydrogens is 296 g/mol. The Morgan fingerprint density at radius 1 is 1.22 bits per heavy atom. The molecule has 2 N–H and O–H groups in total. The summed E-state index contributed by atoms with van der Waals surface area (Å²) in [6, 6.07) is 9.18. The highest BCUT2D eigenvalue weighted by molar-refractivity contribution is 5.74. The molecule has 6 nitrogen and oxygen atoms in total. The average Bonchev–Trinajstić information content (AvgIpc) is 3.05. The van der Waals surface area contributed by atoms with Gasteiger partial charge in [0.25, 0.3) is 0 Å². The lowest BCUT2D eigenvalue weighted by Crippen LogP contribution is -2.41. The van der Waals surface area contributed by atoms with E-state index in [4.69, 9.17) is 13.9 Å². The van der Waals surface area contributed by atoms with Gasteiger partial charge in [0.1, 0.15) is 19.0 Å². The number of benzene rings is 1. The molecule has 23 heavy (non-hydrogen) atoms. The number of fused-ring (bicyclic) bond motifs is 1. The van der Waals surface area contributed by atoms with Crippen molar-refractivity contribution < 1.29 is 18.7 Å². The summed E-state index contributed by atoms with van der Waals surface area (Å²) in [6.45, 7) is 3.48. The number of rotatable bonds is 5. The minimum atomic E-state index is -0.209. The zero-order valence-corrected chi connectivity index (χ0v) is 13.0. The van der Waals surface area contributed by atoms with E-state index in [1.54, 1.807) is 6.26 Å². The van der Waals surface area contributed by atoms with Crippen molar-refractivity contribution in [3.05, 3.63) is 47.9 Å². The van der Waals surface area contributed by atoms with Crippen molar-refractivity contribution in [1.29, 1.82) is 0 Å². The second-order valence-electron chi connectivity index (χ2n) is 5.49. The van der Waals surface area contributed by atoms with Crippen molar-refractivity contribution in [1.82, 2.24) is 10.6 Å². The zero-order valence-electron chi connectivity index (χ0n) is 13.0. The Balaban J connectivity index is 1.47. The highest BCUT2D eigenvalue weighted by Gasteiger charge is 2.13. The molecule has 1 aliphatic rings. The zero-order chi connectivity index (χ0) is 16.1. The maximum Gasteiger partial charge on any atom is 0.315 e. The smallest absolute Gasteiger partial charge is 0.315 e. The fourth-order valence-corrected chi connectivity index (χ4v) is 2.44. The number of hydrogen-bond acceptors (Lipinski definition) is 4. The van der Waals surface area contributed by atoms with Gasteiger partial charge in [-0.25, -0.2) is 4.79 Å². The SMILES string of the molecule is C[C@@H](Cc1ccco1)NC(=O)NCc1ccc2c(c1)OCCO2. The molecule has 0 radical (unpaired) electrons. The van der Waals surface area contributed by atoms with Crippen molar-refractivity contribution in [2.75, 3.05) is 13.2 Å². The van der Waals surface area contributed by atoms with E-state index in [1.165, 1.54) is 0 Å². The highest BCUT2D eigenvalue weighted by Crippen LogP contribution is 2.30. The fraction of sp³-hybridized carbons (Fsp3) is 0.353. The molecule has 2 aromatic rings. The van der Waals surface area contributed by atoms with Gasteiger partial charge < -0.3 is 24.5 Å². The minimum absolute atomic E-state index is 0.0126. The van der Waals surface area contributed by atoms with Crippen molar-refractivity contribution in [3.63, 3.8) is 0 Å². The highest BCUT2D eigenvalue weighted by atomic mass is 16.6. The maximum atomic E-state index is 11.9. The van der Waals surface area contributed by atoms with Gasteiger partial charge in [0.2, 0.25) is 0 Å². The number of hydrogen-bond donors (Lipinski definition) is 2. The standard InChI is InChI=1S/C17H20N2O4/c1-12(9-14-3-2-6-21-14)19-17(20)18-11-13-4-5-15-16(10-13)23-8-7-22-15/h2-6,10,12H,7-9,11H2,1H3,(H2,18,19,20)/t12-/m0/s1. The summed E-state index contributed by atoms with van der Waals surface area (Å²) in [5, 5.41) is 5.72. The first-order valence-corrected chi connectivity index (χ1v) is 7.66. The monoisotopic (exact) mass is 316 g/mol. The lowest BCUT2D eigenvalue weighted by atomic mass is 10.2. The van der Waals surface area contributed by atoms with Crippen LogP contribution in [0.25, 0.3) is 0 Å². The summed E-state index contributed by atoms with van der Waals surface area (Å²) in [5.41, 5.74) is 0.961. The van der Waals surface area contributed by atoms with E-state index < -0.39 is 0 Å². The Kier molecular flexibility index (Phi) is 4.71. The number of carbonyl (C=O) groups excluding carboxylic acids is 1. The maximum absolute atomic E-state index is 11.9. The molecule has 0 saturated heterocycles. The predicted octanol–water partition coefficient (Wildman–Crippen LogP) is 2.48. The van der Waals surface area contributed by atoms with Crippen LogP contribution in [0.2, 0.25) is 0 Å². The summed E-state index contributed by atoms with van der Waals surface area (Å²) >= 11 is 0. The summed E-state index contributed by atoms with van der Waals surface area (Å²) in [5.74, 6) is 2.32. The molecule has 1 aromatic carbocycles. The van der Waals surface area contributed by atoms with Gasteiger partial charge in [0, 0.05) is 19.0 Å². The predicted molar refractivity (Wildman–Crippen MR) is 84.7 cm³/mol. The van der Waals surface area contributed by atoms with E-state index >= 15 is 0 Å². The lowest BCUT2D eigenvalue weighted by molar-refractivity contribution is 0.171. The van der Waals surface area contributed by atoms with E-state index in [2.05, 4.69) is 10.6 Å². The molecule has 6 heteroatoms. The van der Waals surface area contributed by atoms with Crippen LogP contribution in [0.5, 0.6) is 11.5 Å². The van der Waals surface area contributed by atoms with Crippen molar-refractivity contribution in [2.24, 2.45) is 0 Å². The fourth-order valence-electron chi connectivity index (χ4n) is 2.44. The van der Waals surface area contributed by atoms with E-state index in [0.717, 1.165) is 22.8 Å². The van der Waals surface area contributed by atoms with Gasteiger partial charge in [-0.05, 0) is 36.8 Å². The summed E-state index contributed by atoms with van der Waals surface area (Å²) in [4.78, 5) is 11.9. The quantitative estimate of drug-likeness (QED) is 0.889. The van der Waals surface area contributed by atoms with Crippen LogP contribution in [0, 0.1) is 0 Å². The summed E-state index contributed by atoms with van der Waals surface area (Å²) in [6.07, 6.45) is 2.29. The summed E-state index contributed by atoms with van der Waals surface area (Å²) < 4.78 is 16.3. The normalized spacial score (nSPS) is 14.1. The molecular formula is C17H20N2O4. The topological polar surface area (TPSA) is 72.7 Å². The van der Waals surface area contributed by atoms with Crippen molar-refractivity contribution >= 4 is 6.03 Å². The van der Waals surface area contributed by atoms with Crippen LogP contribution in [0.1, 0.15) is 18.2 Å².